The maximum atomic E-state index is 13.2. The van der Waals surface area contributed by atoms with E-state index in [9.17, 15) is 4.39 Å². The van der Waals surface area contributed by atoms with Crippen molar-refractivity contribution < 1.29 is 13.9 Å². The van der Waals surface area contributed by atoms with E-state index in [0.29, 0.717) is 29.7 Å². The molecule has 112 valence electrons. The van der Waals surface area contributed by atoms with Crippen molar-refractivity contribution in [3.63, 3.8) is 0 Å². The Hall–Kier alpha value is -1.94. The van der Waals surface area contributed by atoms with Crippen LogP contribution in [0.25, 0.3) is 0 Å². The zero-order chi connectivity index (χ0) is 15.2. The first-order chi connectivity index (χ1) is 10.1. The molecule has 3 nitrogen and oxygen atoms in total. The third-order valence-corrected chi connectivity index (χ3v) is 3.24. The van der Waals surface area contributed by atoms with Crippen molar-refractivity contribution in [2.45, 2.75) is 13.5 Å². The molecule has 0 amide bonds. The fourth-order valence-corrected chi connectivity index (χ4v) is 2.21. The van der Waals surface area contributed by atoms with E-state index >= 15 is 0 Å². The average molecular weight is 310 g/mol. The molecular weight excluding hydrogens is 293 g/mol. The van der Waals surface area contributed by atoms with Gasteiger partial charge in [0, 0.05) is 12.6 Å². The lowest BCUT2D eigenvalue weighted by atomic mass is 10.2. The van der Waals surface area contributed by atoms with E-state index in [0.717, 1.165) is 11.3 Å². The molecule has 0 saturated heterocycles. The summed E-state index contributed by atoms with van der Waals surface area (Å²) in [7, 11) is 1.58. The van der Waals surface area contributed by atoms with Gasteiger partial charge in [-0.15, -0.1) is 0 Å². The molecule has 2 aromatic rings. The second-order valence-corrected chi connectivity index (χ2v) is 4.80. The zero-order valence-corrected chi connectivity index (χ0v) is 12.7. The largest absolute Gasteiger partial charge is 0.495 e. The number of rotatable bonds is 6. The summed E-state index contributed by atoms with van der Waals surface area (Å²) < 4.78 is 23.8. The van der Waals surface area contributed by atoms with Crippen LogP contribution in [0, 0.1) is 5.82 Å². The quantitative estimate of drug-likeness (QED) is 0.852. The van der Waals surface area contributed by atoms with Crippen LogP contribution in [0.1, 0.15) is 12.5 Å². The third-order valence-electron chi connectivity index (χ3n) is 2.94. The van der Waals surface area contributed by atoms with Crippen LogP contribution in [-0.4, -0.2) is 13.7 Å². The number of hydrogen-bond donors (Lipinski definition) is 1. The van der Waals surface area contributed by atoms with Crippen LogP contribution in [0.4, 0.5) is 10.1 Å². The average Bonchev–Trinajstić information content (AvgIpc) is 2.47. The van der Waals surface area contributed by atoms with Crippen LogP contribution < -0.4 is 14.8 Å². The Labute approximate surface area is 128 Å². The molecule has 5 heteroatoms. The van der Waals surface area contributed by atoms with Crippen LogP contribution >= 0.6 is 11.6 Å². The number of benzene rings is 2. The molecule has 0 heterocycles. The summed E-state index contributed by atoms with van der Waals surface area (Å²) in [5.74, 6) is 0.811. The number of hydrogen-bond acceptors (Lipinski definition) is 3. The molecular formula is C16H17ClFNO2. The van der Waals surface area contributed by atoms with E-state index in [1.807, 2.05) is 25.1 Å². The van der Waals surface area contributed by atoms with E-state index in [-0.39, 0.29) is 5.82 Å². The second kappa shape index (κ2) is 7.18. The summed E-state index contributed by atoms with van der Waals surface area (Å²) >= 11 is 6.09. The van der Waals surface area contributed by atoms with E-state index in [2.05, 4.69) is 5.32 Å². The fraction of sp³-hybridized carbons (Fsp3) is 0.250. The van der Waals surface area contributed by atoms with Crippen molar-refractivity contribution >= 4 is 17.3 Å². The Balaban J connectivity index is 2.10. The second-order valence-electron chi connectivity index (χ2n) is 4.40. The third kappa shape index (κ3) is 4.02. The number of ether oxygens (including phenoxy) is 2. The molecule has 2 rings (SSSR count). The Morgan fingerprint density at radius 3 is 2.62 bits per heavy atom. The van der Waals surface area contributed by atoms with Gasteiger partial charge in [0.15, 0.2) is 0 Å². The van der Waals surface area contributed by atoms with Crippen molar-refractivity contribution in [1.82, 2.24) is 0 Å². The highest BCUT2D eigenvalue weighted by Gasteiger charge is 2.06. The van der Waals surface area contributed by atoms with Gasteiger partial charge in [-0.05, 0) is 36.8 Å². The van der Waals surface area contributed by atoms with Crippen molar-refractivity contribution in [3.05, 3.63) is 52.8 Å². The summed E-state index contributed by atoms with van der Waals surface area (Å²) in [6, 6.07) is 9.98. The molecule has 0 bridgehead atoms. The smallest absolute Gasteiger partial charge is 0.145 e. The lowest BCUT2D eigenvalue weighted by molar-refractivity contribution is 0.340. The molecule has 0 atom stereocenters. The molecule has 0 aliphatic heterocycles. The van der Waals surface area contributed by atoms with Crippen molar-refractivity contribution in [2.75, 3.05) is 19.0 Å². The zero-order valence-electron chi connectivity index (χ0n) is 12.0. The maximum absolute atomic E-state index is 13.2. The van der Waals surface area contributed by atoms with Gasteiger partial charge in [-0.25, -0.2) is 4.39 Å². The Bertz CT molecular complexity index is 619. The van der Waals surface area contributed by atoms with Crippen LogP contribution in [0.5, 0.6) is 11.5 Å². The van der Waals surface area contributed by atoms with Crippen molar-refractivity contribution in [1.29, 1.82) is 0 Å². The van der Waals surface area contributed by atoms with Crippen LogP contribution in [0.15, 0.2) is 36.4 Å². The predicted octanol–water partition coefficient (Wildman–Crippen LogP) is 4.50. The minimum absolute atomic E-state index is 0.323. The molecule has 0 saturated carbocycles. The van der Waals surface area contributed by atoms with Gasteiger partial charge in [-0.1, -0.05) is 17.7 Å². The lowest BCUT2D eigenvalue weighted by Crippen LogP contribution is -2.03. The maximum Gasteiger partial charge on any atom is 0.145 e. The molecule has 0 aromatic heterocycles. The molecule has 0 radical (unpaired) electrons. The molecule has 0 aliphatic carbocycles. The number of anilines is 1. The summed E-state index contributed by atoms with van der Waals surface area (Å²) in [6.07, 6.45) is 0. The van der Waals surface area contributed by atoms with Gasteiger partial charge in [-0.3, -0.25) is 0 Å². The molecule has 0 spiro atoms. The fourth-order valence-electron chi connectivity index (χ4n) is 1.93. The predicted molar refractivity (Wildman–Crippen MR) is 82.9 cm³/mol. The van der Waals surface area contributed by atoms with Gasteiger partial charge in [0.1, 0.15) is 17.3 Å². The summed E-state index contributed by atoms with van der Waals surface area (Å²) in [5.41, 5.74) is 1.73. The summed E-state index contributed by atoms with van der Waals surface area (Å²) in [4.78, 5) is 0. The molecule has 21 heavy (non-hydrogen) atoms. The molecule has 2 aromatic carbocycles. The van der Waals surface area contributed by atoms with Crippen LogP contribution in [-0.2, 0) is 6.54 Å². The van der Waals surface area contributed by atoms with Crippen molar-refractivity contribution in [2.24, 2.45) is 0 Å². The number of methoxy groups -OCH3 is 1. The summed E-state index contributed by atoms with van der Waals surface area (Å²) in [5, 5.41) is 3.77. The summed E-state index contributed by atoms with van der Waals surface area (Å²) in [6.45, 7) is 2.89. The molecule has 0 fully saturated rings. The Kier molecular flexibility index (Phi) is 5.28. The normalized spacial score (nSPS) is 10.3. The van der Waals surface area contributed by atoms with Gasteiger partial charge in [-0.2, -0.15) is 0 Å². The Morgan fingerprint density at radius 1 is 1.14 bits per heavy atom. The standard InChI is InChI=1S/C16H17ClFNO2/c1-3-21-16-9-12(18)5-6-14(16)19-10-11-4-7-15(20-2)13(17)8-11/h4-9,19H,3,10H2,1-2H3. The van der Waals surface area contributed by atoms with E-state index in [4.69, 9.17) is 21.1 Å². The van der Waals surface area contributed by atoms with Crippen LogP contribution in [0.2, 0.25) is 5.02 Å². The van der Waals surface area contributed by atoms with Crippen molar-refractivity contribution in [3.8, 4) is 11.5 Å². The van der Waals surface area contributed by atoms with Gasteiger partial charge < -0.3 is 14.8 Å². The monoisotopic (exact) mass is 309 g/mol. The minimum Gasteiger partial charge on any atom is -0.495 e. The van der Waals surface area contributed by atoms with E-state index < -0.39 is 0 Å². The van der Waals surface area contributed by atoms with Gasteiger partial charge >= 0.3 is 0 Å². The Morgan fingerprint density at radius 2 is 1.95 bits per heavy atom. The number of halogens is 2. The molecule has 0 unspecified atom stereocenters. The van der Waals surface area contributed by atoms with E-state index in [1.165, 1.54) is 12.1 Å². The van der Waals surface area contributed by atoms with Gasteiger partial charge in [0.05, 0.1) is 24.4 Å². The first-order valence-corrected chi connectivity index (χ1v) is 7.00. The highest BCUT2D eigenvalue weighted by molar-refractivity contribution is 6.32. The van der Waals surface area contributed by atoms with E-state index in [1.54, 1.807) is 13.2 Å². The number of nitrogens with one attached hydrogen (secondary N) is 1. The minimum atomic E-state index is -0.323. The molecule has 1 N–H and O–H groups in total. The van der Waals surface area contributed by atoms with Gasteiger partial charge in [0.2, 0.25) is 0 Å². The highest BCUT2D eigenvalue weighted by atomic mass is 35.5. The molecule has 0 aliphatic rings. The van der Waals surface area contributed by atoms with Gasteiger partial charge in [0.25, 0.3) is 0 Å². The lowest BCUT2D eigenvalue weighted by Gasteiger charge is -2.13. The van der Waals surface area contributed by atoms with Crippen LogP contribution in [0.3, 0.4) is 0 Å². The highest BCUT2D eigenvalue weighted by Crippen LogP contribution is 2.28. The SMILES string of the molecule is CCOc1cc(F)ccc1NCc1ccc(OC)c(Cl)c1. The first-order valence-electron chi connectivity index (χ1n) is 6.62. The topological polar surface area (TPSA) is 30.5 Å². The first kappa shape index (κ1) is 15.4.